The number of carbonyl (C=O) groups is 2. The van der Waals surface area contributed by atoms with Gasteiger partial charge in [-0.2, -0.15) is 0 Å². The van der Waals surface area contributed by atoms with Gasteiger partial charge < -0.3 is 0 Å². The second kappa shape index (κ2) is 4.91. The summed E-state index contributed by atoms with van der Waals surface area (Å²) in [4.78, 5) is 24.3. The molecule has 22 heavy (non-hydrogen) atoms. The quantitative estimate of drug-likeness (QED) is 0.678. The fraction of sp³-hybridized carbons (Fsp3) is 0.700. The average molecular weight is 298 g/mol. The second-order valence-electron chi connectivity index (χ2n) is 7.97. The van der Waals surface area contributed by atoms with E-state index in [-0.39, 0.29) is 5.41 Å². The van der Waals surface area contributed by atoms with Crippen molar-refractivity contribution in [3.63, 3.8) is 0 Å². The third kappa shape index (κ3) is 1.79. The largest absolute Gasteiger partial charge is 0.299 e. The van der Waals surface area contributed by atoms with Gasteiger partial charge in [-0.15, -0.1) is 0 Å². The lowest BCUT2D eigenvalue weighted by Crippen LogP contribution is -2.48. The molecule has 0 radical (unpaired) electrons. The first-order valence-electron chi connectivity index (χ1n) is 9.01. The van der Waals surface area contributed by atoms with Crippen molar-refractivity contribution in [2.24, 2.45) is 29.1 Å². The zero-order valence-corrected chi connectivity index (χ0v) is 13.6. The van der Waals surface area contributed by atoms with Gasteiger partial charge in [0.05, 0.1) is 0 Å². The second-order valence-corrected chi connectivity index (χ2v) is 7.97. The third-order valence-electron chi connectivity index (χ3n) is 7.29. The van der Waals surface area contributed by atoms with E-state index >= 15 is 0 Å². The van der Waals surface area contributed by atoms with Crippen molar-refractivity contribution >= 4 is 11.6 Å². The monoisotopic (exact) mass is 298 g/mol. The van der Waals surface area contributed by atoms with Crippen molar-refractivity contribution in [2.45, 2.75) is 58.3 Å². The first-order chi connectivity index (χ1) is 10.6. The summed E-state index contributed by atoms with van der Waals surface area (Å²) in [6.45, 7) is 6.62. The Labute approximate surface area is 133 Å². The Morgan fingerprint density at radius 1 is 1.18 bits per heavy atom. The van der Waals surface area contributed by atoms with Gasteiger partial charge in [0.2, 0.25) is 0 Å². The molecule has 2 heteroatoms. The smallest absolute Gasteiger partial charge is 0.155 e. The standard InChI is InChI=1S/C20H26O2/c1-3-20-11-12(2)19-15-7-5-14(21)10-13(15)4-6-16(19)17(20)8-9-18(20)22/h10,15-17,19H,2-9,11H2,1H3. The van der Waals surface area contributed by atoms with Crippen LogP contribution in [-0.2, 0) is 9.59 Å². The minimum absolute atomic E-state index is 0.0933. The van der Waals surface area contributed by atoms with Crippen LogP contribution in [0.4, 0.5) is 0 Å². The molecule has 5 unspecified atom stereocenters. The molecule has 0 aromatic heterocycles. The van der Waals surface area contributed by atoms with E-state index in [9.17, 15) is 9.59 Å². The fourth-order valence-electron chi connectivity index (χ4n) is 6.37. The highest BCUT2D eigenvalue weighted by Gasteiger charge is 2.58. The number of fused-ring (bicyclic) bond motifs is 5. The third-order valence-corrected chi connectivity index (χ3v) is 7.29. The summed E-state index contributed by atoms with van der Waals surface area (Å²) < 4.78 is 0. The van der Waals surface area contributed by atoms with Crippen LogP contribution in [0.2, 0.25) is 0 Å². The van der Waals surface area contributed by atoms with Crippen molar-refractivity contribution in [1.29, 1.82) is 0 Å². The molecule has 0 heterocycles. The molecule has 0 aromatic rings. The van der Waals surface area contributed by atoms with Crippen LogP contribution in [0.25, 0.3) is 0 Å². The number of allylic oxidation sites excluding steroid dienone is 2. The highest BCUT2D eigenvalue weighted by atomic mass is 16.1. The molecule has 4 rings (SSSR count). The minimum Gasteiger partial charge on any atom is -0.299 e. The van der Waals surface area contributed by atoms with Crippen LogP contribution in [0.5, 0.6) is 0 Å². The minimum atomic E-state index is -0.0933. The van der Waals surface area contributed by atoms with E-state index in [0.29, 0.717) is 41.7 Å². The van der Waals surface area contributed by atoms with Crippen LogP contribution >= 0.6 is 0 Å². The molecular formula is C20H26O2. The van der Waals surface area contributed by atoms with Crippen LogP contribution < -0.4 is 0 Å². The predicted octanol–water partition coefficient (Wildman–Crippen LogP) is 4.25. The first kappa shape index (κ1) is 14.4. The van der Waals surface area contributed by atoms with Crippen LogP contribution in [0.3, 0.4) is 0 Å². The van der Waals surface area contributed by atoms with E-state index in [2.05, 4.69) is 13.5 Å². The van der Waals surface area contributed by atoms with Gasteiger partial charge >= 0.3 is 0 Å². The molecule has 2 nitrogen and oxygen atoms in total. The summed E-state index contributed by atoms with van der Waals surface area (Å²) in [5, 5.41) is 0. The molecule has 0 aliphatic heterocycles. The lowest BCUT2D eigenvalue weighted by atomic mass is 9.50. The SMILES string of the molecule is C=C1CC2(CC)C(=O)CCC2C2CCC3=CC(=O)CCC3C12. The van der Waals surface area contributed by atoms with E-state index in [1.807, 2.05) is 6.08 Å². The molecule has 118 valence electrons. The molecule has 0 saturated heterocycles. The van der Waals surface area contributed by atoms with Gasteiger partial charge in [0.25, 0.3) is 0 Å². The molecule has 0 N–H and O–H groups in total. The summed E-state index contributed by atoms with van der Waals surface area (Å²) in [5.41, 5.74) is 2.60. The normalized spacial score (nSPS) is 44.2. The summed E-state index contributed by atoms with van der Waals surface area (Å²) >= 11 is 0. The molecule has 3 saturated carbocycles. The number of hydrogen-bond donors (Lipinski definition) is 0. The summed E-state index contributed by atoms with van der Waals surface area (Å²) in [7, 11) is 0. The van der Waals surface area contributed by atoms with E-state index in [1.54, 1.807) is 0 Å². The maximum Gasteiger partial charge on any atom is 0.155 e. The van der Waals surface area contributed by atoms with Crippen LogP contribution in [-0.4, -0.2) is 11.6 Å². The zero-order valence-electron chi connectivity index (χ0n) is 13.6. The van der Waals surface area contributed by atoms with Gasteiger partial charge in [-0.25, -0.2) is 0 Å². The molecule has 0 bridgehead atoms. The molecule has 5 atom stereocenters. The number of carbonyl (C=O) groups excluding carboxylic acids is 2. The van der Waals surface area contributed by atoms with E-state index in [1.165, 1.54) is 11.1 Å². The van der Waals surface area contributed by atoms with Gasteiger partial charge in [-0.1, -0.05) is 24.6 Å². The maximum absolute atomic E-state index is 12.6. The highest BCUT2D eigenvalue weighted by molar-refractivity contribution is 5.91. The van der Waals surface area contributed by atoms with Crippen molar-refractivity contribution < 1.29 is 9.59 Å². The molecule has 0 spiro atoms. The van der Waals surface area contributed by atoms with Crippen molar-refractivity contribution in [1.82, 2.24) is 0 Å². The van der Waals surface area contributed by atoms with E-state index < -0.39 is 0 Å². The number of hydrogen-bond acceptors (Lipinski definition) is 2. The van der Waals surface area contributed by atoms with Gasteiger partial charge in [-0.3, -0.25) is 9.59 Å². The number of ketones is 2. The van der Waals surface area contributed by atoms with Gasteiger partial charge in [-0.05, 0) is 68.3 Å². The Balaban J connectivity index is 1.72. The predicted molar refractivity (Wildman–Crippen MR) is 86.2 cm³/mol. The first-order valence-corrected chi connectivity index (χ1v) is 9.01. The Hall–Kier alpha value is -1.18. The average Bonchev–Trinajstić information content (AvgIpc) is 2.84. The van der Waals surface area contributed by atoms with Crippen LogP contribution in [0.15, 0.2) is 23.8 Å². The highest BCUT2D eigenvalue weighted by Crippen LogP contribution is 2.63. The van der Waals surface area contributed by atoms with E-state index in [4.69, 9.17) is 0 Å². The zero-order chi connectivity index (χ0) is 15.5. The fourth-order valence-corrected chi connectivity index (χ4v) is 6.37. The summed E-state index contributed by atoms with van der Waals surface area (Å²) in [5.74, 6) is 3.07. The Kier molecular flexibility index (Phi) is 3.22. The van der Waals surface area contributed by atoms with Gasteiger partial charge in [0, 0.05) is 18.3 Å². The summed E-state index contributed by atoms with van der Waals surface area (Å²) in [6, 6.07) is 0. The van der Waals surface area contributed by atoms with Gasteiger partial charge in [0.15, 0.2) is 5.78 Å². The molecule has 0 amide bonds. The Bertz CT molecular complexity index is 585. The van der Waals surface area contributed by atoms with Crippen molar-refractivity contribution in [3.8, 4) is 0 Å². The molecule has 3 fully saturated rings. The molecule has 4 aliphatic carbocycles. The van der Waals surface area contributed by atoms with Crippen LogP contribution in [0.1, 0.15) is 58.3 Å². The summed E-state index contributed by atoms with van der Waals surface area (Å²) in [6.07, 6.45) is 9.61. The van der Waals surface area contributed by atoms with Crippen molar-refractivity contribution in [3.05, 3.63) is 23.8 Å². The van der Waals surface area contributed by atoms with Crippen molar-refractivity contribution in [2.75, 3.05) is 0 Å². The number of Topliss-reactive ketones (excluding diaryl/α,β-unsaturated/α-hetero) is 1. The van der Waals surface area contributed by atoms with E-state index in [0.717, 1.165) is 44.9 Å². The molecule has 0 aromatic carbocycles. The Morgan fingerprint density at radius 2 is 2.00 bits per heavy atom. The van der Waals surface area contributed by atoms with Gasteiger partial charge in [0.1, 0.15) is 5.78 Å². The molecule has 4 aliphatic rings. The molecular weight excluding hydrogens is 272 g/mol. The lowest BCUT2D eigenvalue weighted by molar-refractivity contribution is -0.130. The van der Waals surface area contributed by atoms with Crippen LogP contribution in [0, 0.1) is 29.1 Å². The number of rotatable bonds is 1. The Morgan fingerprint density at radius 3 is 2.77 bits per heavy atom. The maximum atomic E-state index is 12.6. The lowest BCUT2D eigenvalue weighted by Gasteiger charge is -2.53. The topological polar surface area (TPSA) is 34.1 Å².